The molecule has 0 aliphatic heterocycles. The Morgan fingerprint density at radius 3 is 2.65 bits per heavy atom. The summed E-state index contributed by atoms with van der Waals surface area (Å²) in [5, 5.41) is 11.7. The summed E-state index contributed by atoms with van der Waals surface area (Å²) in [6, 6.07) is 13.2. The van der Waals surface area contributed by atoms with Gasteiger partial charge in [-0.15, -0.1) is 0 Å². The molecule has 2 aromatic rings. The predicted molar refractivity (Wildman–Crippen MR) is 65.3 cm³/mol. The van der Waals surface area contributed by atoms with E-state index in [1.807, 2.05) is 6.07 Å². The molecule has 3 nitrogen and oxygen atoms in total. The van der Waals surface area contributed by atoms with Crippen LogP contribution in [0.15, 0.2) is 42.5 Å². The minimum atomic E-state index is -0.345. The van der Waals surface area contributed by atoms with Crippen LogP contribution in [0.25, 0.3) is 0 Å². The van der Waals surface area contributed by atoms with E-state index in [9.17, 15) is 4.39 Å². The number of nitrogen functional groups attached to an aromatic ring is 1. The summed E-state index contributed by atoms with van der Waals surface area (Å²) in [4.78, 5) is 0. The Labute approximate surface area is 98.3 Å². The summed E-state index contributed by atoms with van der Waals surface area (Å²) in [5.74, 6) is -0.345. The fourth-order valence-electron chi connectivity index (χ4n) is 1.45. The molecule has 4 heteroatoms. The van der Waals surface area contributed by atoms with Gasteiger partial charge in [0.05, 0.1) is 11.3 Å². The molecular formula is C13H10FN3. The summed E-state index contributed by atoms with van der Waals surface area (Å²) < 4.78 is 13.4. The summed E-state index contributed by atoms with van der Waals surface area (Å²) in [6.07, 6.45) is 0. The predicted octanol–water partition coefficient (Wildman–Crippen LogP) is 3.02. The number of anilines is 3. The van der Waals surface area contributed by atoms with Gasteiger partial charge in [0.1, 0.15) is 11.9 Å². The molecule has 0 fully saturated rings. The second-order valence-electron chi connectivity index (χ2n) is 3.52. The van der Waals surface area contributed by atoms with Crippen LogP contribution < -0.4 is 11.1 Å². The molecule has 84 valence electrons. The standard InChI is InChI=1S/C13H10FN3/c14-11-3-1-2-4-13(11)17-10-5-6-12(16)9(7-10)8-15/h1-7,17H,16H2. The molecule has 0 saturated carbocycles. The Kier molecular flexibility index (Phi) is 2.93. The van der Waals surface area contributed by atoms with Crippen molar-refractivity contribution in [2.24, 2.45) is 0 Å². The van der Waals surface area contributed by atoms with E-state index in [1.165, 1.54) is 6.07 Å². The highest BCUT2D eigenvalue weighted by Crippen LogP contribution is 2.22. The smallest absolute Gasteiger partial charge is 0.146 e. The highest BCUT2D eigenvalue weighted by molar-refractivity contribution is 5.67. The van der Waals surface area contributed by atoms with Crippen LogP contribution in [0.2, 0.25) is 0 Å². The first-order chi connectivity index (χ1) is 8.20. The third-order valence-electron chi connectivity index (χ3n) is 2.33. The summed E-state index contributed by atoms with van der Waals surface area (Å²) in [5.41, 5.74) is 7.36. The van der Waals surface area contributed by atoms with E-state index in [-0.39, 0.29) is 5.82 Å². The zero-order valence-electron chi connectivity index (χ0n) is 8.94. The number of nitriles is 1. The average molecular weight is 227 g/mol. The third kappa shape index (κ3) is 2.34. The van der Waals surface area contributed by atoms with Gasteiger partial charge in [-0.1, -0.05) is 12.1 Å². The van der Waals surface area contributed by atoms with Gasteiger partial charge in [0.2, 0.25) is 0 Å². The van der Waals surface area contributed by atoms with Gasteiger partial charge in [0.15, 0.2) is 0 Å². The molecule has 2 aromatic carbocycles. The molecule has 0 amide bonds. The van der Waals surface area contributed by atoms with E-state index in [2.05, 4.69) is 5.32 Å². The van der Waals surface area contributed by atoms with Crippen LogP contribution in [0.3, 0.4) is 0 Å². The fraction of sp³-hybridized carbons (Fsp3) is 0. The molecule has 17 heavy (non-hydrogen) atoms. The van der Waals surface area contributed by atoms with Crippen LogP contribution in [-0.2, 0) is 0 Å². The number of benzene rings is 2. The molecular weight excluding hydrogens is 217 g/mol. The van der Waals surface area contributed by atoms with Crippen LogP contribution in [-0.4, -0.2) is 0 Å². The van der Waals surface area contributed by atoms with Gasteiger partial charge in [-0.25, -0.2) is 4.39 Å². The number of rotatable bonds is 2. The summed E-state index contributed by atoms with van der Waals surface area (Å²) >= 11 is 0. The van der Waals surface area contributed by atoms with E-state index in [0.717, 1.165) is 0 Å². The lowest BCUT2D eigenvalue weighted by Crippen LogP contribution is -1.96. The highest BCUT2D eigenvalue weighted by atomic mass is 19.1. The van der Waals surface area contributed by atoms with Crippen molar-refractivity contribution in [1.82, 2.24) is 0 Å². The van der Waals surface area contributed by atoms with Crippen LogP contribution in [0, 0.1) is 17.1 Å². The second kappa shape index (κ2) is 4.54. The van der Waals surface area contributed by atoms with Crippen molar-refractivity contribution in [2.45, 2.75) is 0 Å². The van der Waals surface area contributed by atoms with Gasteiger partial charge in [-0.05, 0) is 30.3 Å². The zero-order valence-corrected chi connectivity index (χ0v) is 8.94. The van der Waals surface area contributed by atoms with Gasteiger partial charge < -0.3 is 11.1 Å². The SMILES string of the molecule is N#Cc1cc(Nc2ccccc2F)ccc1N. The number of nitrogens with two attached hydrogens (primary N) is 1. The first-order valence-corrected chi connectivity index (χ1v) is 5.02. The molecule has 2 rings (SSSR count). The minimum absolute atomic E-state index is 0.345. The first kappa shape index (κ1) is 11.0. The molecule has 0 aromatic heterocycles. The van der Waals surface area contributed by atoms with Gasteiger partial charge in [-0.2, -0.15) is 5.26 Å². The monoisotopic (exact) mass is 227 g/mol. The van der Waals surface area contributed by atoms with Gasteiger partial charge in [-0.3, -0.25) is 0 Å². The van der Waals surface area contributed by atoms with E-state index >= 15 is 0 Å². The zero-order chi connectivity index (χ0) is 12.3. The van der Waals surface area contributed by atoms with Gasteiger partial charge in [0.25, 0.3) is 0 Å². The molecule has 0 unspecified atom stereocenters. The maximum atomic E-state index is 13.4. The molecule has 0 atom stereocenters. The van der Waals surface area contributed by atoms with Crippen LogP contribution in [0.4, 0.5) is 21.5 Å². The topological polar surface area (TPSA) is 61.8 Å². The first-order valence-electron chi connectivity index (χ1n) is 5.02. The summed E-state index contributed by atoms with van der Waals surface area (Å²) in [7, 11) is 0. The maximum Gasteiger partial charge on any atom is 0.146 e. The van der Waals surface area contributed by atoms with E-state index in [4.69, 9.17) is 11.0 Å². The van der Waals surface area contributed by atoms with Crippen LogP contribution >= 0.6 is 0 Å². The van der Waals surface area contributed by atoms with E-state index in [1.54, 1.807) is 36.4 Å². The lowest BCUT2D eigenvalue weighted by atomic mass is 10.1. The Hall–Kier alpha value is -2.54. The van der Waals surface area contributed by atoms with E-state index < -0.39 is 0 Å². The van der Waals surface area contributed by atoms with Crippen molar-refractivity contribution in [3.05, 3.63) is 53.8 Å². The van der Waals surface area contributed by atoms with Gasteiger partial charge >= 0.3 is 0 Å². The van der Waals surface area contributed by atoms with Crippen molar-refractivity contribution in [1.29, 1.82) is 5.26 Å². The number of nitrogens with one attached hydrogen (secondary N) is 1. The Morgan fingerprint density at radius 1 is 1.18 bits per heavy atom. The molecule has 0 bridgehead atoms. The lowest BCUT2D eigenvalue weighted by molar-refractivity contribution is 0.632. The molecule has 0 radical (unpaired) electrons. The van der Waals surface area contributed by atoms with Crippen molar-refractivity contribution in [3.63, 3.8) is 0 Å². The molecule has 3 N–H and O–H groups in total. The van der Waals surface area contributed by atoms with Crippen molar-refractivity contribution < 1.29 is 4.39 Å². The Morgan fingerprint density at radius 2 is 1.94 bits per heavy atom. The van der Waals surface area contributed by atoms with Crippen LogP contribution in [0.5, 0.6) is 0 Å². The fourth-order valence-corrected chi connectivity index (χ4v) is 1.45. The summed E-state index contributed by atoms with van der Waals surface area (Å²) in [6.45, 7) is 0. The van der Waals surface area contributed by atoms with Gasteiger partial charge in [0, 0.05) is 11.4 Å². The number of nitrogens with zero attached hydrogens (tertiary/aromatic N) is 1. The molecule has 0 spiro atoms. The lowest BCUT2D eigenvalue weighted by Gasteiger charge is -2.08. The number of hydrogen-bond donors (Lipinski definition) is 2. The van der Waals surface area contributed by atoms with Crippen LogP contribution in [0.1, 0.15) is 5.56 Å². The minimum Gasteiger partial charge on any atom is -0.398 e. The molecule has 0 aliphatic rings. The Balaban J connectivity index is 2.32. The van der Waals surface area contributed by atoms with Crippen molar-refractivity contribution in [3.8, 4) is 6.07 Å². The van der Waals surface area contributed by atoms with Crippen molar-refractivity contribution >= 4 is 17.1 Å². The largest absolute Gasteiger partial charge is 0.398 e. The second-order valence-corrected chi connectivity index (χ2v) is 3.52. The highest BCUT2D eigenvalue weighted by Gasteiger charge is 2.03. The molecule has 0 heterocycles. The number of hydrogen-bond acceptors (Lipinski definition) is 3. The van der Waals surface area contributed by atoms with Crippen molar-refractivity contribution in [2.75, 3.05) is 11.1 Å². The molecule has 0 saturated heterocycles. The maximum absolute atomic E-state index is 13.4. The Bertz CT molecular complexity index is 587. The number of halogens is 1. The van der Waals surface area contributed by atoms with E-state index in [0.29, 0.717) is 22.6 Å². The average Bonchev–Trinajstić information content (AvgIpc) is 2.34. The quantitative estimate of drug-likeness (QED) is 0.775. The number of para-hydroxylation sites is 1. The normalized spacial score (nSPS) is 9.65. The molecule has 0 aliphatic carbocycles. The third-order valence-corrected chi connectivity index (χ3v) is 2.33.